The molecular formula is C17H23BF2O4. The van der Waals surface area contributed by atoms with E-state index in [1.807, 2.05) is 27.7 Å². The van der Waals surface area contributed by atoms with Crippen LogP contribution >= 0.6 is 0 Å². The zero-order chi connectivity index (χ0) is 18.1. The fourth-order valence-corrected chi connectivity index (χ4v) is 2.61. The van der Waals surface area contributed by atoms with Gasteiger partial charge in [-0.2, -0.15) is 0 Å². The summed E-state index contributed by atoms with van der Waals surface area (Å²) in [6.07, 6.45) is -0.0897. The van der Waals surface area contributed by atoms with Gasteiger partial charge in [-0.05, 0) is 52.3 Å². The van der Waals surface area contributed by atoms with E-state index < -0.39 is 41.7 Å². The molecule has 4 nitrogen and oxygen atoms in total. The molecule has 0 spiro atoms. The van der Waals surface area contributed by atoms with Crippen molar-refractivity contribution in [3.05, 3.63) is 35.4 Å². The number of ether oxygens (including phenoxy) is 1. The van der Waals surface area contributed by atoms with Gasteiger partial charge in [0.05, 0.1) is 24.2 Å². The van der Waals surface area contributed by atoms with E-state index in [1.54, 1.807) is 6.92 Å². The van der Waals surface area contributed by atoms with Crippen LogP contribution in [0.25, 0.3) is 0 Å². The lowest BCUT2D eigenvalue weighted by Crippen LogP contribution is -2.41. The van der Waals surface area contributed by atoms with Crippen LogP contribution in [0.4, 0.5) is 8.78 Å². The van der Waals surface area contributed by atoms with Crippen molar-refractivity contribution < 1.29 is 27.6 Å². The number of hydrogen-bond donors (Lipinski definition) is 0. The quantitative estimate of drug-likeness (QED) is 0.607. The summed E-state index contributed by atoms with van der Waals surface area (Å²) in [4.78, 5) is 12.0. The third-order valence-electron chi connectivity index (χ3n) is 4.60. The molecule has 1 heterocycles. The number of benzene rings is 1. The molecule has 1 atom stereocenters. The molecule has 0 bridgehead atoms. The zero-order valence-corrected chi connectivity index (χ0v) is 14.7. The van der Waals surface area contributed by atoms with Gasteiger partial charge in [0.1, 0.15) is 11.6 Å². The van der Waals surface area contributed by atoms with E-state index in [-0.39, 0.29) is 13.0 Å². The Kier molecular flexibility index (Phi) is 5.35. The number of carbonyl (C=O) groups excluding carboxylic acids is 1. The molecule has 1 aliphatic rings. The number of rotatable bonds is 5. The van der Waals surface area contributed by atoms with Crippen LogP contribution in [0.3, 0.4) is 0 Å². The minimum atomic E-state index is -0.805. The van der Waals surface area contributed by atoms with Gasteiger partial charge in [-0.15, -0.1) is 0 Å². The Morgan fingerprint density at radius 3 is 2.08 bits per heavy atom. The molecule has 0 radical (unpaired) electrons. The highest BCUT2D eigenvalue weighted by molar-refractivity contribution is 6.48. The van der Waals surface area contributed by atoms with E-state index in [1.165, 1.54) is 12.1 Å². The monoisotopic (exact) mass is 340 g/mol. The molecule has 2 rings (SSSR count). The number of esters is 1. The van der Waals surface area contributed by atoms with Gasteiger partial charge < -0.3 is 14.0 Å². The lowest BCUT2D eigenvalue weighted by molar-refractivity contribution is -0.143. The first kappa shape index (κ1) is 18.9. The lowest BCUT2D eigenvalue weighted by atomic mass is 9.66. The molecule has 0 amide bonds. The van der Waals surface area contributed by atoms with Gasteiger partial charge in [0, 0.05) is 11.9 Å². The zero-order valence-electron chi connectivity index (χ0n) is 14.7. The van der Waals surface area contributed by atoms with Crippen LogP contribution in [0.1, 0.15) is 52.4 Å². The Morgan fingerprint density at radius 2 is 1.62 bits per heavy atom. The minimum Gasteiger partial charge on any atom is -0.466 e. The second kappa shape index (κ2) is 6.80. The standard InChI is InChI=1S/C17H23BF2O4/c1-6-22-15(21)10-14(11-7-12(19)9-13(20)8-11)18-23-16(2,3)17(4,5)24-18/h7-9,14H,6,10H2,1-5H3. The van der Waals surface area contributed by atoms with Crippen molar-refractivity contribution in [1.82, 2.24) is 0 Å². The first-order valence-electron chi connectivity index (χ1n) is 8.03. The molecule has 0 aliphatic carbocycles. The number of carbonyl (C=O) groups is 1. The second-order valence-electron chi connectivity index (χ2n) is 6.94. The second-order valence-corrected chi connectivity index (χ2v) is 6.94. The van der Waals surface area contributed by atoms with Gasteiger partial charge in [0.25, 0.3) is 0 Å². The molecule has 0 N–H and O–H groups in total. The molecule has 1 aromatic carbocycles. The summed E-state index contributed by atoms with van der Waals surface area (Å²) in [7, 11) is -0.805. The van der Waals surface area contributed by atoms with Gasteiger partial charge in [-0.3, -0.25) is 4.79 Å². The fraction of sp³-hybridized carbons (Fsp3) is 0.588. The molecule has 1 unspecified atom stereocenters. The molecule has 7 heteroatoms. The van der Waals surface area contributed by atoms with Crippen molar-refractivity contribution in [2.24, 2.45) is 0 Å². The molecule has 1 saturated heterocycles. The molecule has 0 saturated carbocycles. The van der Waals surface area contributed by atoms with Crippen molar-refractivity contribution in [2.45, 2.75) is 58.1 Å². The molecule has 24 heavy (non-hydrogen) atoms. The maximum atomic E-state index is 13.6. The highest BCUT2D eigenvalue weighted by Gasteiger charge is 2.54. The maximum absolute atomic E-state index is 13.6. The van der Waals surface area contributed by atoms with Gasteiger partial charge >= 0.3 is 13.1 Å². The predicted molar refractivity (Wildman–Crippen MR) is 86.4 cm³/mol. The average Bonchev–Trinajstić information content (AvgIpc) is 2.63. The third kappa shape index (κ3) is 3.95. The third-order valence-corrected chi connectivity index (χ3v) is 4.60. The Balaban J connectivity index is 2.35. The average molecular weight is 340 g/mol. The highest BCUT2D eigenvalue weighted by Crippen LogP contribution is 2.42. The Labute approximate surface area is 141 Å². The van der Waals surface area contributed by atoms with Crippen LogP contribution in [0, 0.1) is 11.6 Å². The van der Waals surface area contributed by atoms with Crippen molar-refractivity contribution in [3.8, 4) is 0 Å². The van der Waals surface area contributed by atoms with Gasteiger partial charge in [-0.25, -0.2) is 8.78 Å². The Morgan fingerprint density at radius 1 is 1.12 bits per heavy atom. The molecule has 132 valence electrons. The SMILES string of the molecule is CCOC(=O)CC(B1OC(C)(C)C(C)(C)O1)c1cc(F)cc(F)c1. The summed E-state index contributed by atoms with van der Waals surface area (Å²) in [5.41, 5.74) is -0.925. The lowest BCUT2D eigenvalue weighted by Gasteiger charge is -2.32. The van der Waals surface area contributed by atoms with Crippen LogP contribution < -0.4 is 0 Å². The molecule has 0 aromatic heterocycles. The largest absolute Gasteiger partial charge is 0.466 e. The predicted octanol–water partition coefficient (Wildman–Crippen LogP) is 3.63. The van der Waals surface area contributed by atoms with E-state index in [4.69, 9.17) is 14.0 Å². The molecule has 1 fully saturated rings. The summed E-state index contributed by atoms with van der Waals surface area (Å²) >= 11 is 0. The summed E-state index contributed by atoms with van der Waals surface area (Å²) in [6.45, 7) is 9.43. The van der Waals surface area contributed by atoms with Crippen molar-refractivity contribution in [1.29, 1.82) is 0 Å². The Hall–Kier alpha value is -1.47. The Bertz CT molecular complexity index is 582. The van der Waals surface area contributed by atoms with E-state index in [0.717, 1.165) is 6.07 Å². The summed E-state index contributed by atoms with van der Waals surface area (Å²) < 4.78 is 44.2. The highest BCUT2D eigenvalue weighted by atomic mass is 19.1. The maximum Gasteiger partial charge on any atom is 0.466 e. The van der Waals surface area contributed by atoms with Crippen LogP contribution in [-0.4, -0.2) is 30.9 Å². The first-order valence-corrected chi connectivity index (χ1v) is 8.03. The van der Waals surface area contributed by atoms with Gasteiger partial charge in [-0.1, -0.05) is 0 Å². The number of halogens is 2. The van der Waals surface area contributed by atoms with Crippen LogP contribution in [0.15, 0.2) is 18.2 Å². The molecule has 1 aromatic rings. The number of hydrogen-bond acceptors (Lipinski definition) is 4. The van der Waals surface area contributed by atoms with E-state index in [0.29, 0.717) is 5.56 Å². The molecular weight excluding hydrogens is 317 g/mol. The topological polar surface area (TPSA) is 44.8 Å². The van der Waals surface area contributed by atoms with Gasteiger partial charge in [0.2, 0.25) is 0 Å². The summed E-state index contributed by atoms with van der Waals surface area (Å²) in [5.74, 6) is -2.57. The summed E-state index contributed by atoms with van der Waals surface area (Å²) in [6, 6.07) is 3.17. The van der Waals surface area contributed by atoms with Crippen molar-refractivity contribution >= 4 is 13.1 Å². The van der Waals surface area contributed by atoms with Crippen LogP contribution in [-0.2, 0) is 18.8 Å². The van der Waals surface area contributed by atoms with Crippen LogP contribution in [0.2, 0.25) is 0 Å². The van der Waals surface area contributed by atoms with Crippen molar-refractivity contribution in [3.63, 3.8) is 0 Å². The van der Waals surface area contributed by atoms with E-state index in [2.05, 4.69) is 0 Å². The smallest absolute Gasteiger partial charge is 0.466 e. The molecule has 1 aliphatic heterocycles. The summed E-state index contributed by atoms with van der Waals surface area (Å²) in [5, 5.41) is 0. The van der Waals surface area contributed by atoms with Crippen molar-refractivity contribution in [2.75, 3.05) is 6.61 Å². The van der Waals surface area contributed by atoms with E-state index >= 15 is 0 Å². The van der Waals surface area contributed by atoms with Crippen LogP contribution in [0.5, 0.6) is 0 Å². The first-order chi connectivity index (χ1) is 11.1. The van der Waals surface area contributed by atoms with Gasteiger partial charge in [0.15, 0.2) is 0 Å². The van der Waals surface area contributed by atoms with E-state index in [9.17, 15) is 13.6 Å². The normalized spacial score (nSPS) is 20.0. The minimum absolute atomic E-state index is 0.0897. The fourth-order valence-electron chi connectivity index (χ4n) is 2.61.